The first-order valence-electron chi connectivity index (χ1n) is 5.41. The predicted molar refractivity (Wildman–Crippen MR) is 64.2 cm³/mol. The van der Waals surface area contributed by atoms with Crippen LogP contribution in [0.25, 0.3) is 0 Å². The molecule has 0 saturated carbocycles. The van der Waals surface area contributed by atoms with E-state index in [-0.39, 0.29) is 0 Å². The van der Waals surface area contributed by atoms with Crippen molar-refractivity contribution < 1.29 is 33.9 Å². The lowest BCUT2D eigenvalue weighted by atomic mass is 10.1. The van der Waals surface area contributed by atoms with Gasteiger partial charge in [-0.25, -0.2) is 9.18 Å². The van der Waals surface area contributed by atoms with Crippen LogP contribution in [0.15, 0.2) is 18.2 Å². The van der Waals surface area contributed by atoms with E-state index in [0.717, 1.165) is 12.1 Å². The summed E-state index contributed by atoms with van der Waals surface area (Å²) in [6.45, 7) is 0. The third-order valence-electron chi connectivity index (χ3n) is 2.39. The molecule has 0 saturated heterocycles. The number of hydrogen-bond donors (Lipinski definition) is 3. The average Bonchev–Trinajstić information content (AvgIpc) is 2.36. The molecule has 1 aromatic rings. The molecule has 0 radical (unpaired) electrons. The van der Waals surface area contributed by atoms with Crippen molar-refractivity contribution in [1.82, 2.24) is 5.32 Å². The zero-order valence-corrected chi connectivity index (χ0v) is 10.3. The van der Waals surface area contributed by atoms with Crippen LogP contribution in [0.3, 0.4) is 0 Å². The van der Waals surface area contributed by atoms with Crippen LogP contribution in [-0.4, -0.2) is 39.0 Å². The second kappa shape index (κ2) is 6.41. The molecule has 0 heterocycles. The van der Waals surface area contributed by atoms with Gasteiger partial charge in [-0.1, -0.05) is 0 Å². The van der Waals surface area contributed by atoms with E-state index in [1.54, 1.807) is 0 Å². The van der Waals surface area contributed by atoms with Gasteiger partial charge in [0, 0.05) is 6.07 Å². The Kier molecular flexibility index (Phi) is 4.89. The lowest BCUT2D eigenvalue weighted by Crippen LogP contribution is -2.42. The Morgan fingerprint density at radius 3 is 2.38 bits per heavy atom. The number of nitro groups is 1. The van der Waals surface area contributed by atoms with Crippen molar-refractivity contribution in [2.24, 2.45) is 0 Å². The fraction of sp³-hybridized carbons (Fsp3) is 0.182. The minimum Gasteiger partial charge on any atom is -0.481 e. The van der Waals surface area contributed by atoms with Crippen molar-refractivity contribution in [1.29, 1.82) is 0 Å². The second-order valence-electron chi connectivity index (χ2n) is 3.88. The molecule has 0 aromatic heterocycles. The zero-order chi connectivity index (χ0) is 16.2. The summed E-state index contributed by atoms with van der Waals surface area (Å²) in [6.07, 6.45) is -0.893. The summed E-state index contributed by atoms with van der Waals surface area (Å²) in [5.41, 5.74) is -1.21. The van der Waals surface area contributed by atoms with Crippen LogP contribution in [0, 0.1) is 15.9 Å². The number of nitro benzene ring substituents is 1. The summed E-state index contributed by atoms with van der Waals surface area (Å²) in [5.74, 6) is -5.47. The summed E-state index contributed by atoms with van der Waals surface area (Å²) in [6, 6.07) is 0.430. The van der Waals surface area contributed by atoms with E-state index in [1.165, 1.54) is 0 Å². The van der Waals surface area contributed by atoms with Crippen LogP contribution in [0.2, 0.25) is 0 Å². The van der Waals surface area contributed by atoms with E-state index in [4.69, 9.17) is 10.2 Å². The van der Waals surface area contributed by atoms with Gasteiger partial charge in [0.2, 0.25) is 0 Å². The lowest BCUT2D eigenvalue weighted by Gasteiger charge is -2.12. The predicted octanol–water partition coefficient (Wildman–Crippen LogP) is 0.392. The molecule has 0 aliphatic carbocycles. The van der Waals surface area contributed by atoms with Crippen LogP contribution in [0.4, 0.5) is 10.1 Å². The van der Waals surface area contributed by atoms with Crippen molar-refractivity contribution in [3.05, 3.63) is 39.7 Å². The summed E-state index contributed by atoms with van der Waals surface area (Å²) < 4.78 is 13.5. The molecule has 3 N–H and O–H groups in total. The quantitative estimate of drug-likeness (QED) is 0.508. The van der Waals surface area contributed by atoms with Gasteiger partial charge in [0.15, 0.2) is 0 Å². The number of rotatable bonds is 6. The summed E-state index contributed by atoms with van der Waals surface area (Å²) in [7, 11) is 0. The topological polar surface area (TPSA) is 147 Å². The molecule has 1 unspecified atom stereocenters. The van der Waals surface area contributed by atoms with E-state index in [0.29, 0.717) is 6.07 Å². The number of nitrogens with zero attached hydrogens (tertiary/aromatic N) is 1. The maximum Gasteiger partial charge on any atom is 0.326 e. The molecule has 1 atom stereocenters. The molecular weight excluding hydrogens is 291 g/mol. The molecular formula is C11H9FN2O7. The van der Waals surface area contributed by atoms with Gasteiger partial charge >= 0.3 is 11.9 Å². The number of amides is 1. The minimum absolute atomic E-state index is 0.502. The van der Waals surface area contributed by atoms with E-state index < -0.39 is 52.3 Å². The number of halogens is 1. The number of nitrogens with one attached hydrogen (secondary N) is 1. The monoisotopic (exact) mass is 300 g/mol. The molecule has 9 nitrogen and oxygen atoms in total. The van der Waals surface area contributed by atoms with Gasteiger partial charge in [0.05, 0.1) is 23.0 Å². The number of carbonyl (C=O) groups is 3. The first-order chi connectivity index (χ1) is 9.72. The Morgan fingerprint density at radius 1 is 1.33 bits per heavy atom. The minimum atomic E-state index is -1.75. The first kappa shape index (κ1) is 16.0. The van der Waals surface area contributed by atoms with Gasteiger partial charge in [-0.15, -0.1) is 0 Å². The SMILES string of the molecule is O=C(O)CC(NC(=O)c1ccc([N+](=O)[O-])cc1F)C(=O)O. The second-order valence-corrected chi connectivity index (χ2v) is 3.88. The van der Waals surface area contributed by atoms with Crippen LogP contribution in [0.1, 0.15) is 16.8 Å². The van der Waals surface area contributed by atoms with Crippen molar-refractivity contribution >= 4 is 23.5 Å². The van der Waals surface area contributed by atoms with Crippen LogP contribution in [-0.2, 0) is 9.59 Å². The highest BCUT2D eigenvalue weighted by Gasteiger charge is 2.25. The third kappa shape index (κ3) is 4.23. The van der Waals surface area contributed by atoms with E-state index in [9.17, 15) is 28.9 Å². The molecule has 21 heavy (non-hydrogen) atoms. The molecule has 0 spiro atoms. The number of carboxylic acid groups (broad SMARTS) is 2. The van der Waals surface area contributed by atoms with Crippen molar-refractivity contribution in [2.75, 3.05) is 0 Å². The van der Waals surface area contributed by atoms with E-state index in [1.807, 2.05) is 5.32 Å². The van der Waals surface area contributed by atoms with E-state index >= 15 is 0 Å². The van der Waals surface area contributed by atoms with E-state index in [2.05, 4.69) is 0 Å². The average molecular weight is 300 g/mol. The number of carbonyl (C=O) groups excluding carboxylic acids is 1. The Labute approximate surface area is 116 Å². The van der Waals surface area contributed by atoms with Crippen LogP contribution < -0.4 is 5.32 Å². The number of benzene rings is 1. The van der Waals surface area contributed by atoms with Gasteiger partial charge in [-0.05, 0) is 6.07 Å². The van der Waals surface area contributed by atoms with Gasteiger partial charge in [-0.2, -0.15) is 0 Å². The zero-order valence-electron chi connectivity index (χ0n) is 10.3. The summed E-state index contributed by atoms with van der Waals surface area (Å²) >= 11 is 0. The van der Waals surface area contributed by atoms with Crippen molar-refractivity contribution in [3.8, 4) is 0 Å². The Morgan fingerprint density at radius 2 is 1.95 bits per heavy atom. The molecule has 0 bridgehead atoms. The van der Waals surface area contributed by atoms with Crippen molar-refractivity contribution in [2.45, 2.75) is 12.5 Å². The maximum absolute atomic E-state index is 13.5. The molecule has 0 fully saturated rings. The summed E-state index contributed by atoms with van der Waals surface area (Å²) in [4.78, 5) is 42.4. The normalized spacial score (nSPS) is 11.5. The Bertz CT molecular complexity index is 617. The number of hydrogen-bond acceptors (Lipinski definition) is 5. The standard InChI is InChI=1S/C11H9FN2O7/c12-7-3-5(14(20)21)1-2-6(7)10(17)13-8(11(18)19)4-9(15)16/h1-3,8H,4H2,(H,13,17)(H,15,16)(H,18,19). The number of carboxylic acids is 2. The van der Waals surface area contributed by atoms with Crippen LogP contribution in [0.5, 0.6) is 0 Å². The number of non-ortho nitro benzene ring substituents is 1. The largest absolute Gasteiger partial charge is 0.481 e. The molecule has 0 aliphatic rings. The highest BCUT2D eigenvalue weighted by atomic mass is 19.1. The highest BCUT2D eigenvalue weighted by molar-refractivity contribution is 5.97. The third-order valence-corrected chi connectivity index (χ3v) is 2.39. The van der Waals surface area contributed by atoms with Gasteiger partial charge in [0.25, 0.3) is 11.6 Å². The van der Waals surface area contributed by atoms with Crippen molar-refractivity contribution in [3.63, 3.8) is 0 Å². The first-order valence-corrected chi connectivity index (χ1v) is 5.41. The van der Waals surface area contributed by atoms with Gasteiger partial charge in [0.1, 0.15) is 11.9 Å². The molecule has 0 aliphatic heterocycles. The molecule has 1 rings (SSSR count). The summed E-state index contributed by atoms with van der Waals surface area (Å²) in [5, 5.41) is 29.5. The highest BCUT2D eigenvalue weighted by Crippen LogP contribution is 2.16. The number of aliphatic carboxylic acids is 2. The fourth-order valence-electron chi connectivity index (χ4n) is 1.41. The maximum atomic E-state index is 13.5. The molecule has 112 valence electrons. The Hall–Kier alpha value is -3.04. The molecule has 1 amide bonds. The smallest absolute Gasteiger partial charge is 0.326 e. The van der Waals surface area contributed by atoms with Gasteiger partial charge < -0.3 is 15.5 Å². The van der Waals surface area contributed by atoms with Crippen LogP contribution >= 0.6 is 0 Å². The Balaban J connectivity index is 2.95. The van der Waals surface area contributed by atoms with Gasteiger partial charge in [-0.3, -0.25) is 19.7 Å². The molecule has 10 heteroatoms. The fourth-order valence-corrected chi connectivity index (χ4v) is 1.41. The molecule has 1 aromatic carbocycles. The lowest BCUT2D eigenvalue weighted by molar-refractivity contribution is -0.385.